The van der Waals surface area contributed by atoms with Crippen molar-refractivity contribution in [3.63, 3.8) is 0 Å². The van der Waals surface area contributed by atoms with Crippen molar-refractivity contribution in [2.24, 2.45) is 0 Å². The number of carbonyl (C=O) groups is 2. The summed E-state index contributed by atoms with van der Waals surface area (Å²) in [7, 11) is 0. The van der Waals surface area contributed by atoms with E-state index in [1.165, 1.54) is 0 Å². The molecule has 0 unspecified atom stereocenters. The molecule has 1 amide bonds. The zero-order valence-electron chi connectivity index (χ0n) is 10.7. The number of hydrogen-bond acceptors (Lipinski definition) is 4. The lowest BCUT2D eigenvalue weighted by Crippen LogP contribution is -2.32. The molecule has 108 valence electrons. The van der Waals surface area contributed by atoms with Gasteiger partial charge in [-0.1, -0.05) is 0 Å². The van der Waals surface area contributed by atoms with E-state index in [-0.39, 0.29) is 5.91 Å². The van der Waals surface area contributed by atoms with Gasteiger partial charge in [-0.15, -0.1) is 0 Å². The molecule has 0 atom stereocenters. The monoisotopic (exact) mass is 284 g/mol. The van der Waals surface area contributed by atoms with Crippen LogP contribution in [0, 0.1) is 11.6 Å². The van der Waals surface area contributed by atoms with Gasteiger partial charge >= 0.3 is 5.97 Å². The third-order valence-electron chi connectivity index (χ3n) is 3.09. The largest absolute Gasteiger partial charge is 0.452 e. The molecule has 2 rings (SSSR count). The van der Waals surface area contributed by atoms with E-state index in [1.807, 2.05) is 0 Å². The number of nitrogens with zero attached hydrogens (tertiary/aromatic N) is 1. The number of hydrogen-bond donors (Lipinski definition) is 1. The molecule has 7 heteroatoms. The molecule has 1 aromatic rings. The molecule has 0 saturated carbocycles. The summed E-state index contributed by atoms with van der Waals surface area (Å²) in [6.07, 6.45) is 1.83. The van der Waals surface area contributed by atoms with Crippen molar-refractivity contribution in [1.82, 2.24) is 4.90 Å². The average molecular weight is 284 g/mol. The van der Waals surface area contributed by atoms with Crippen molar-refractivity contribution in [3.05, 3.63) is 29.3 Å². The third-order valence-corrected chi connectivity index (χ3v) is 3.09. The minimum absolute atomic E-state index is 0.341. The summed E-state index contributed by atoms with van der Waals surface area (Å²) in [5.41, 5.74) is 4.19. The molecule has 1 aromatic carbocycles. The van der Waals surface area contributed by atoms with E-state index >= 15 is 0 Å². The standard InChI is InChI=1S/C13H14F2N2O3/c14-9-6-11(16)10(15)5-8(9)13(19)20-7-12(18)17-3-1-2-4-17/h5-6H,1-4,7,16H2. The van der Waals surface area contributed by atoms with Crippen LogP contribution >= 0.6 is 0 Å². The van der Waals surface area contributed by atoms with Gasteiger partial charge in [-0.3, -0.25) is 4.79 Å². The first-order chi connectivity index (χ1) is 9.49. The molecule has 2 N–H and O–H groups in total. The second kappa shape index (κ2) is 5.85. The third kappa shape index (κ3) is 3.04. The van der Waals surface area contributed by atoms with Gasteiger partial charge in [0.2, 0.25) is 0 Å². The molecule has 1 aliphatic heterocycles. The van der Waals surface area contributed by atoms with Gasteiger partial charge in [-0.25, -0.2) is 13.6 Å². The highest BCUT2D eigenvalue weighted by molar-refractivity contribution is 5.92. The Bertz CT molecular complexity index is 543. The first kappa shape index (κ1) is 14.2. The highest BCUT2D eigenvalue weighted by Crippen LogP contribution is 2.17. The van der Waals surface area contributed by atoms with Crippen LogP contribution in [0.3, 0.4) is 0 Å². The van der Waals surface area contributed by atoms with E-state index in [0.717, 1.165) is 12.8 Å². The van der Waals surface area contributed by atoms with Crippen LogP contribution in [0.5, 0.6) is 0 Å². The summed E-state index contributed by atoms with van der Waals surface area (Å²) >= 11 is 0. The molecule has 5 nitrogen and oxygen atoms in total. The maximum absolute atomic E-state index is 13.5. The topological polar surface area (TPSA) is 72.6 Å². The minimum Gasteiger partial charge on any atom is -0.452 e. The zero-order chi connectivity index (χ0) is 14.7. The second-order valence-electron chi connectivity index (χ2n) is 4.52. The van der Waals surface area contributed by atoms with Crippen LogP contribution in [0.2, 0.25) is 0 Å². The van der Waals surface area contributed by atoms with Crippen LogP contribution in [0.1, 0.15) is 23.2 Å². The zero-order valence-corrected chi connectivity index (χ0v) is 10.7. The van der Waals surface area contributed by atoms with Crippen LogP contribution in [-0.2, 0) is 9.53 Å². The van der Waals surface area contributed by atoms with Gasteiger partial charge in [0.1, 0.15) is 11.6 Å². The Morgan fingerprint density at radius 3 is 2.50 bits per heavy atom. The molecule has 1 fully saturated rings. The van der Waals surface area contributed by atoms with Crippen molar-refractivity contribution < 1.29 is 23.1 Å². The summed E-state index contributed by atoms with van der Waals surface area (Å²) in [4.78, 5) is 24.8. The number of anilines is 1. The number of likely N-dealkylation sites (tertiary alicyclic amines) is 1. The SMILES string of the molecule is Nc1cc(F)c(C(=O)OCC(=O)N2CCCC2)cc1F. The number of nitrogen functional groups attached to an aromatic ring is 1. The number of rotatable bonds is 3. The van der Waals surface area contributed by atoms with Gasteiger partial charge in [-0.2, -0.15) is 0 Å². The van der Waals surface area contributed by atoms with Crippen LogP contribution in [-0.4, -0.2) is 36.5 Å². The van der Waals surface area contributed by atoms with Gasteiger partial charge in [0.05, 0.1) is 11.3 Å². The lowest BCUT2D eigenvalue weighted by molar-refractivity contribution is -0.133. The van der Waals surface area contributed by atoms with E-state index in [4.69, 9.17) is 10.5 Å². The van der Waals surface area contributed by atoms with Crippen LogP contribution in [0.4, 0.5) is 14.5 Å². The Kier molecular flexibility index (Phi) is 4.16. The lowest BCUT2D eigenvalue weighted by Gasteiger charge is -2.15. The van der Waals surface area contributed by atoms with Gasteiger partial charge < -0.3 is 15.4 Å². The predicted octanol–water partition coefficient (Wildman–Crippen LogP) is 1.33. The molecule has 0 aliphatic carbocycles. The Morgan fingerprint density at radius 1 is 1.20 bits per heavy atom. The molecule has 0 radical (unpaired) electrons. The number of ether oxygens (including phenoxy) is 1. The summed E-state index contributed by atoms with van der Waals surface area (Å²) in [6.45, 7) is 0.771. The van der Waals surface area contributed by atoms with Crippen molar-refractivity contribution in [3.8, 4) is 0 Å². The number of benzene rings is 1. The molecule has 20 heavy (non-hydrogen) atoms. The maximum Gasteiger partial charge on any atom is 0.341 e. The normalized spacial score (nSPS) is 14.4. The van der Waals surface area contributed by atoms with Gasteiger partial charge in [0.15, 0.2) is 6.61 Å². The average Bonchev–Trinajstić information content (AvgIpc) is 2.94. The molecule has 0 spiro atoms. The Hall–Kier alpha value is -2.18. The number of halogens is 2. The van der Waals surface area contributed by atoms with Crippen molar-refractivity contribution in [2.75, 3.05) is 25.4 Å². The fourth-order valence-electron chi connectivity index (χ4n) is 1.98. The fourth-order valence-corrected chi connectivity index (χ4v) is 1.98. The smallest absolute Gasteiger partial charge is 0.341 e. The van der Waals surface area contributed by atoms with E-state index in [1.54, 1.807) is 4.90 Å². The van der Waals surface area contributed by atoms with Crippen molar-refractivity contribution >= 4 is 17.6 Å². The number of carbonyl (C=O) groups excluding carboxylic acids is 2. The minimum atomic E-state index is -1.09. The number of amides is 1. The lowest BCUT2D eigenvalue weighted by atomic mass is 10.2. The Morgan fingerprint density at radius 2 is 1.85 bits per heavy atom. The quantitative estimate of drug-likeness (QED) is 0.671. The van der Waals surface area contributed by atoms with Crippen LogP contribution in [0.25, 0.3) is 0 Å². The van der Waals surface area contributed by atoms with E-state index in [2.05, 4.69) is 0 Å². The van der Waals surface area contributed by atoms with Crippen LogP contribution in [0.15, 0.2) is 12.1 Å². The molecular formula is C13H14F2N2O3. The number of esters is 1. The van der Waals surface area contributed by atoms with E-state index in [9.17, 15) is 18.4 Å². The highest BCUT2D eigenvalue weighted by Gasteiger charge is 2.21. The van der Waals surface area contributed by atoms with Crippen molar-refractivity contribution in [1.29, 1.82) is 0 Å². The van der Waals surface area contributed by atoms with E-state index < -0.39 is 35.5 Å². The summed E-state index contributed by atoms with van der Waals surface area (Å²) in [5, 5.41) is 0. The second-order valence-corrected chi connectivity index (χ2v) is 4.52. The number of nitrogens with two attached hydrogens (primary N) is 1. The van der Waals surface area contributed by atoms with E-state index in [0.29, 0.717) is 25.2 Å². The molecule has 1 heterocycles. The first-order valence-electron chi connectivity index (χ1n) is 6.18. The summed E-state index contributed by atoms with van der Waals surface area (Å²) in [6, 6.07) is 1.36. The summed E-state index contributed by atoms with van der Waals surface area (Å²) in [5.74, 6) is -3.33. The predicted molar refractivity (Wildman–Crippen MR) is 66.9 cm³/mol. The summed E-state index contributed by atoms with van der Waals surface area (Å²) < 4.78 is 31.4. The van der Waals surface area contributed by atoms with Gasteiger partial charge in [0.25, 0.3) is 5.91 Å². The van der Waals surface area contributed by atoms with Crippen molar-refractivity contribution in [2.45, 2.75) is 12.8 Å². The molecule has 0 bridgehead atoms. The maximum atomic E-state index is 13.5. The van der Waals surface area contributed by atoms with Gasteiger partial charge in [-0.05, 0) is 18.9 Å². The molecule has 1 aliphatic rings. The molecule has 0 aromatic heterocycles. The fraction of sp³-hybridized carbons (Fsp3) is 0.385. The Labute approximate surface area is 114 Å². The van der Waals surface area contributed by atoms with Gasteiger partial charge in [0, 0.05) is 19.2 Å². The van der Waals surface area contributed by atoms with Crippen LogP contribution < -0.4 is 5.73 Å². The molecular weight excluding hydrogens is 270 g/mol. The molecule has 1 saturated heterocycles. The Balaban J connectivity index is 1.98. The highest BCUT2D eigenvalue weighted by atomic mass is 19.1. The first-order valence-corrected chi connectivity index (χ1v) is 6.18.